The van der Waals surface area contributed by atoms with Crippen molar-refractivity contribution in [3.8, 4) is 0 Å². The molecule has 0 aliphatic heterocycles. The molecule has 19 heavy (non-hydrogen) atoms. The first-order valence-electron chi connectivity index (χ1n) is 6.25. The summed E-state index contributed by atoms with van der Waals surface area (Å²) in [5, 5.41) is 5.94. The van der Waals surface area contributed by atoms with Crippen molar-refractivity contribution in [2.75, 3.05) is 24.7 Å². The average molecular weight is 282 g/mol. The summed E-state index contributed by atoms with van der Waals surface area (Å²) in [5.41, 5.74) is 0.592. The van der Waals surface area contributed by atoms with Gasteiger partial charge in [0.05, 0.1) is 0 Å². The molecule has 0 bridgehead atoms. The average Bonchev–Trinajstić information content (AvgIpc) is 2.33. The molecule has 5 heteroatoms. The minimum Gasteiger partial charge on any atom is -0.444 e. The second-order valence-electron chi connectivity index (χ2n) is 5.08. The highest BCUT2D eigenvalue weighted by molar-refractivity contribution is 7.98. The monoisotopic (exact) mass is 282 g/mol. The molecular weight excluding hydrogens is 260 g/mol. The zero-order valence-corrected chi connectivity index (χ0v) is 12.8. The Balaban J connectivity index is 2.21. The third kappa shape index (κ3) is 6.96. The molecular formula is C14H22N2O2S. The molecule has 0 unspecified atom stereocenters. The molecule has 0 aromatic heterocycles. The molecule has 0 aliphatic carbocycles. The van der Waals surface area contributed by atoms with Gasteiger partial charge in [-0.15, -0.1) is 11.8 Å². The number of alkyl carbamates (subject to hydrolysis) is 1. The standard InChI is InChI=1S/C14H22N2O2S/c1-14(2,3)18-13(17)16-10-9-15-11-5-7-12(19-4)8-6-11/h5-8,15H,9-10H2,1-4H3,(H,16,17). The van der Waals surface area contributed by atoms with E-state index in [9.17, 15) is 4.79 Å². The lowest BCUT2D eigenvalue weighted by Crippen LogP contribution is -2.34. The predicted molar refractivity (Wildman–Crippen MR) is 80.9 cm³/mol. The molecule has 2 N–H and O–H groups in total. The summed E-state index contributed by atoms with van der Waals surface area (Å²) in [4.78, 5) is 12.6. The summed E-state index contributed by atoms with van der Waals surface area (Å²) < 4.78 is 5.14. The van der Waals surface area contributed by atoms with Crippen LogP contribution in [0.1, 0.15) is 20.8 Å². The van der Waals surface area contributed by atoms with Gasteiger partial charge in [0.15, 0.2) is 0 Å². The smallest absolute Gasteiger partial charge is 0.407 e. The van der Waals surface area contributed by atoms with E-state index in [-0.39, 0.29) is 6.09 Å². The van der Waals surface area contributed by atoms with Crippen LogP contribution in [0.4, 0.5) is 10.5 Å². The van der Waals surface area contributed by atoms with E-state index in [1.807, 2.05) is 39.2 Å². The number of anilines is 1. The van der Waals surface area contributed by atoms with Crippen LogP contribution >= 0.6 is 11.8 Å². The molecule has 0 spiro atoms. The fourth-order valence-electron chi connectivity index (χ4n) is 1.39. The lowest BCUT2D eigenvalue weighted by Gasteiger charge is -2.19. The molecule has 1 rings (SSSR count). The minimum absolute atomic E-state index is 0.382. The van der Waals surface area contributed by atoms with E-state index in [2.05, 4.69) is 22.8 Å². The molecule has 0 radical (unpaired) electrons. The third-order valence-corrected chi connectivity index (χ3v) is 2.96. The Morgan fingerprint density at radius 2 is 1.84 bits per heavy atom. The van der Waals surface area contributed by atoms with Gasteiger partial charge in [0.1, 0.15) is 5.60 Å². The van der Waals surface area contributed by atoms with Crippen molar-refractivity contribution in [2.45, 2.75) is 31.3 Å². The van der Waals surface area contributed by atoms with E-state index >= 15 is 0 Å². The number of rotatable bonds is 5. The van der Waals surface area contributed by atoms with E-state index in [4.69, 9.17) is 4.74 Å². The highest BCUT2D eigenvalue weighted by Gasteiger charge is 2.15. The van der Waals surface area contributed by atoms with Crippen molar-refractivity contribution in [3.05, 3.63) is 24.3 Å². The van der Waals surface area contributed by atoms with Crippen LogP contribution in [0.25, 0.3) is 0 Å². The first-order chi connectivity index (χ1) is 8.90. The molecule has 0 atom stereocenters. The highest BCUT2D eigenvalue weighted by Crippen LogP contribution is 2.17. The van der Waals surface area contributed by atoms with Crippen LogP contribution in [-0.4, -0.2) is 31.0 Å². The fourth-order valence-corrected chi connectivity index (χ4v) is 1.80. The van der Waals surface area contributed by atoms with Gasteiger partial charge in [0, 0.05) is 23.7 Å². The summed E-state index contributed by atoms with van der Waals surface area (Å²) in [7, 11) is 0. The number of carbonyl (C=O) groups excluding carboxylic acids is 1. The van der Waals surface area contributed by atoms with E-state index in [0.717, 1.165) is 5.69 Å². The third-order valence-electron chi connectivity index (χ3n) is 2.21. The summed E-state index contributed by atoms with van der Waals surface area (Å²) in [6.07, 6.45) is 1.67. The number of ether oxygens (including phenoxy) is 1. The van der Waals surface area contributed by atoms with Gasteiger partial charge in [-0.25, -0.2) is 4.79 Å². The highest BCUT2D eigenvalue weighted by atomic mass is 32.2. The SMILES string of the molecule is CSc1ccc(NCCNC(=O)OC(C)(C)C)cc1. The van der Waals surface area contributed by atoms with Crippen molar-refractivity contribution in [3.63, 3.8) is 0 Å². The number of carbonyl (C=O) groups is 1. The van der Waals surface area contributed by atoms with Crippen LogP contribution in [0, 0.1) is 0 Å². The molecule has 4 nitrogen and oxygen atoms in total. The van der Waals surface area contributed by atoms with Gasteiger partial charge in [-0.05, 0) is 51.3 Å². The molecule has 0 saturated heterocycles. The van der Waals surface area contributed by atoms with Gasteiger partial charge in [0.2, 0.25) is 0 Å². The summed E-state index contributed by atoms with van der Waals surface area (Å²) in [6.45, 7) is 6.73. The summed E-state index contributed by atoms with van der Waals surface area (Å²) >= 11 is 1.71. The van der Waals surface area contributed by atoms with Crippen LogP contribution in [0.5, 0.6) is 0 Å². The minimum atomic E-state index is -0.453. The topological polar surface area (TPSA) is 50.4 Å². The molecule has 106 valence electrons. The Hall–Kier alpha value is -1.36. The molecule has 0 fully saturated rings. The summed E-state index contributed by atoms with van der Waals surface area (Å²) in [5.74, 6) is 0. The molecule has 0 aliphatic rings. The molecule has 1 aromatic rings. The maximum absolute atomic E-state index is 11.4. The van der Waals surface area contributed by atoms with Gasteiger partial charge in [-0.2, -0.15) is 0 Å². The lowest BCUT2D eigenvalue weighted by atomic mass is 10.2. The number of thioether (sulfide) groups is 1. The molecule has 0 heterocycles. The Bertz CT molecular complexity index is 399. The zero-order chi connectivity index (χ0) is 14.3. The Morgan fingerprint density at radius 1 is 1.21 bits per heavy atom. The van der Waals surface area contributed by atoms with Crippen LogP contribution in [0.15, 0.2) is 29.2 Å². The maximum Gasteiger partial charge on any atom is 0.407 e. The van der Waals surface area contributed by atoms with E-state index < -0.39 is 5.60 Å². The zero-order valence-electron chi connectivity index (χ0n) is 11.9. The predicted octanol–water partition coefficient (Wildman–Crippen LogP) is 3.35. The second kappa shape index (κ2) is 7.28. The number of nitrogens with one attached hydrogen (secondary N) is 2. The lowest BCUT2D eigenvalue weighted by molar-refractivity contribution is 0.0530. The number of benzene rings is 1. The van der Waals surface area contributed by atoms with Crippen LogP contribution < -0.4 is 10.6 Å². The van der Waals surface area contributed by atoms with Crippen LogP contribution in [0.3, 0.4) is 0 Å². The van der Waals surface area contributed by atoms with Crippen molar-refractivity contribution in [1.29, 1.82) is 0 Å². The molecule has 1 aromatic carbocycles. The Morgan fingerprint density at radius 3 is 2.37 bits per heavy atom. The molecule has 0 saturated carbocycles. The number of hydrogen-bond donors (Lipinski definition) is 2. The Labute approximate surface area is 119 Å². The molecule has 1 amide bonds. The van der Waals surface area contributed by atoms with Crippen molar-refractivity contribution >= 4 is 23.5 Å². The van der Waals surface area contributed by atoms with E-state index in [0.29, 0.717) is 13.1 Å². The Kier molecular flexibility index (Phi) is 6.02. The van der Waals surface area contributed by atoms with Crippen LogP contribution in [0.2, 0.25) is 0 Å². The van der Waals surface area contributed by atoms with Crippen molar-refractivity contribution in [1.82, 2.24) is 5.32 Å². The number of amides is 1. The normalized spacial score (nSPS) is 10.9. The largest absolute Gasteiger partial charge is 0.444 e. The fraction of sp³-hybridized carbons (Fsp3) is 0.500. The van der Waals surface area contributed by atoms with Crippen molar-refractivity contribution in [2.24, 2.45) is 0 Å². The van der Waals surface area contributed by atoms with Gasteiger partial charge in [0.25, 0.3) is 0 Å². The maximum atomic E-state index is 11.4. The quantitative estimate of drug-likeness (QED) is 0.642. The van der Waals surface area contributed by atoms with Gasteiger partial charge >= 0.3 is 6.09 Å². The van der Waals surface area contributed by atoms with Crippen molar-refractivity contribution < 1.29 is 9.53 Å². The number of hydrogen-bond acceptors (Lipinski definition) is 4. The van der Waals surface area contributed by atoms with E-state index in [1.54, 1.807) is 11.8 Å². The first kappa shape index (κ1) is 15.7. The summed E-state index contributed by atoms with van der Waals surface area (Å²) in [6, 6.07) is 8.18. The van der Waals surface area contributed by atoms with E-state index in [1.165, 1.54) is 4.90 Å². The van der Waals surface area contributed by atoms with Gasteiger partial charge < -0.3 is 15.4 Å². The van der Waals surface area contributed by atoms with Crippen LogP contribution in [-0.2, 0) is 4.74 Å². The van der Waals surface area contributed by atoms with Gasteiger partial charge in [-0.1, -0.05) is 0 Å². The second-order valence-corrected chi connectivity index (χ2v) is 5.96. The van der Waals surface area contributed by atoms with Gasteiger partial charge in [-0.3, -0.25) is 0 Å². The first-order valence-corrected chi connectivity index (χ1v) is 7.48.